The molecule has 164 valence electrons. The average molecular weight is 382 g/mol. The second kappa shape index (κ2) is 8.00. The lowest BCUT2D eigenvalue weighted by atomic mass is 9.35. The van der Waals surface area contributed by atoms with Crippen LogP contribution in [0.3, 0.4) is 0 Å². The van der Waals surface area contributed by atoms with Gasteiger partial charge in [0.2, 0.25) is 0 Å². The van der Waals surface area contributed by atoms with Crippen LogP contribution in [0.5, 0.6) is 0 Å². The fraction of sp³-hybridized carbons (Fsp3) is 1.00. The molecule has 0 aliphatic rings. The van der Waals surface area contributed by atoms with E-state index in [4.69, 9.17) is 0 Å². The normalized spacial score (nSPS) is 17.6. The van der Waals surface area contributed by atoms with Crippen molar-refractivity contribution in [3.05, 3.63) is 0 Å². The summed E-state index contributed by atoms with van der Waals surface area (Å²) in [5.41, 5.74) is 1.12. The van der Waals surface area contributed by atoms with E-state index in [9.17, 15) is 0 Å². The molecular weight excluding hydrogens is 326 g/mol. The zero-order valence-corrected chi connectivity index (χ0v) is 22.1. The van der Waals surface area contributed by atoms with Gasteiger partial charge >= 0.3 is 0 Å². The lowest BCUT2D eigenvalue weighted by Crippen LogP contribution is -2.69. The van der Waals surface area contributed by atoms with Crippen LogP contribution in [0.2, 0.25) is 0 Å². The van der Waals surface area contributed by atoms with Crippen LogP contribution < -0.4 is 0 Å². The topological polar surface area (TPSA) is 3.24 Å². The maximum absolute atomic E-state index is 2.57. The highest BCUT2D eigenvalue weighted by atomic mass is 15.2. The van der Waals surface area contributed by atoms with Gasteiger partial charge in [-0.15, -0.1) is 0 Å². The Hall–Kier alpha value is -0.0400. The molecule has 0 bridgehead atoms. The van der Waals surface area contributed by atoms with Crippen molar-refractivity contribution in [3.63, 3.8) is 0 Å². The van der Waals surface area contributed by atoms with E-state index in [0.717, 1.165) is 6.54 Å². The maximum atomic E-state index is 2.57. The van der Waals surface area contributed by atoms with Gasteiger partial charge in [0.1, 0.15) is 0 Å². The number of hydrogen-bond donors (Lipinski definition) is 0. The van der Waals surface area contributed by atoms with E-state index in [1.54, 1.807) is 0 Å². The first-order valence-corrected chi connectivity index (χ1v) is 11.4. The molecule has 0 radical (unpaired) electrons. The molecule has 0 aromatic carbocycles. The van der Waals surface area contributed by atoms with E-state index in [0.29, 0.717) is 11.3 Å². The molecule has 0 spiro atoms. The summed E-state index contributed by atoms with van der Waals surface area (Å²) >= 11 is 0. The fourth-order valence-electron chi connectivity index (χ4n) is 7.99. The van der Waals surface area contributed by atoms with E-state index in [-0.39, 0.29) is 27.2 Å². The minimum atomic E-state index is 0.0909. The predicted octanol–water partition coefficient (Wildman–Crippen LogP) is 8.28. The Balaban J connectivity index is 7.16. The van der Waals surface area contributed by atoms with Gasteiger partial charge in [0.15, 0.2) is 0 Å². The molecule has 0 aromatic rings. The van der Waals surface area contributed by atoms with Crippen molar-refractivity contribution in [2.45, 2.75) is 122 Å². The summed E-state index contributed by atoms with van der Waals surface area (Å²) in [5, 5.41) is 0. The smallest absolute Gasteiger partial charge is 0.0206 e. The Morgan fingerprint density at radius 2 is 1.11 bits per heavy atom. The van der Waals surface area contributed by atoms with Crippen LogP contribution in [0.25, 0.3) is 0 Å². The van der Waals surface area contributed by atoms with E-state index in [1.807, 2.05) is 0 Å². The van der Waals surface area contributed by atoms with Crippen molar-refractivity contribution in [1.82, 2.24) is 4.90 Å². The third-order valence-electron chi connectivity index (χ3n) is 8.80. The Morgan fingerprint density at radius 1 is 0.704 bits per heavy atom. The number of rotatable bonds is 9. The molecule has 0 aromatic heterocycles. The van der Waals surface area contributed by atoms with Crippen LogP contribution >= 0.6 is 0 Å². The lowest BCUT2D eigenvalue weighted by Gasteiger charge is -2.71. The van der Waals surface area contributed by atoms with Gasteiger partial charge in [-0.1, -0.05) is 96.4 Å². The van der Waals surface area contributed by atoms with Crippen molar-refractivity contribution in [2.75, 3.05) is 13.6 Å². The molecule has 1 heteroatoms. The zero-order valence-electron chi connectivity index (χ0n) is 22.1. The second-order valence-electron chi connectivity index (χ2n) is 13.0. The lowest BCUT2D eigenvalue weighted by molar-refractivity contribution is -0.228. The average Bonchev–Trinajstić information content (AvgIpc) is 2.42. The Bertz CT molecular complexity index is 473. The Morgan fingerprint density at radius 3 is 1.37 bits per heavy atom. The van der Waals surface area contributed by atoms with Crippen LogP contribution in [0.4, 0.5) is 0 Å². The quantitative estimate of drug-likeness (QED) is 0.388. The summed E-state index contributed by atoms with van der Waals surface area (Å²) in [6, 6.07) is 0. The predicted molar refractivity (Wildman–Crippen MR) is 125 cm³/mol. The van der Waals surface area contributed by atoms with Crippen molar-refractivity contribution in [3.8, 4) is 0 Å². The summed E-state index contributed by atoms with van der Waals surface area (Å²) < 4.78 is 0. The molecule has 0 saturated heterocycles. The third-order valence-corrected chi connectivity index (χ3v) is 8.80. The highest BCUT2D eigenvalue weighted by Gasteiger charge is 2.67. The van der Waals surface area contributed by atoms with Crippen LogP contribution in [-0.2, 0) is 0 Å². The van der Waals surface area contributed by atoms with Crippen molar-refractivity contribution < 1.29 is 0 Å². The first-order valence-electron chi connectivity index (χ1n) is 11.4. The molecule has 0 heterocycles. The molecule has 0 saturated carbocycles. The van der Waals surface area contributed by atoms with Gasteiger partial charge in [-0.2, -0.15) is 0 Å². The van der Waals surface area contributed by atoms with Gasteiger partial charge in [-0.25, -0.2) is 0 Å². The van der Waals surface area contributed by atoms with E-state index in [1.165, 1.54) is 12.8 Å². The minimum absolute atomic E-state index is 0.0909. The highest BCUT2D eigenvalue weighted by molar-refractivity contribution is 5.16. The molecule has 0 fully saturated rings. The van der Waals surface area contributed by atoms with Crippen molar-refractivity contribution in [1.29, 1.82) is 0 Å². The minimum Gasteiger partial charge on any atom is -0.301 e. The second-order valence-corrected chi connectivity index (χ2v) is 13.0. The summed E-state index contributed by atoms with van der Waals surface area (Å²) in [6.45, 7) is 38.3. The number of hydrogen-bond acceptors (Lipinski definition) is 1. The molecule has 1 unspecified atom stereocenters. The van der Waals surface area contributed by atoms with Crippen molar-refractivity contribution >= 4 is 0 Å². The van der Waals surface area contributed by atoms with E-state index < -0.39 is 0 Å². The van der Waals surface area contributed by atoms with Gasteiger partial charge in [-0.3, -0.25) is 0 Å². The number of nitrogens with zero attached hydrogens (tertiary/aromatic N) is 1. The largest absolute Gasteiger partial charge is 0.301 e. The molecule has 0 aliphatic carbocycles. The molecule has 1 atom stereocenters. The zero-order chi connectivity index (χ0) is 22.3. The van der Waals surface area contributed by atoms with E-state index >= 15 is 0 Å². The Kier molecular flexibility index (Phi) is 7.99. The van der Waals surface area contributed by atoms with Gasteiger partial charge in [0.05, 0.1) is 0 Å². The van der Waals surface area contributed by atoms with Gasteiger partial charge in [0.25, 0.3) is 0 Å². The van der Waals surface area contributed by atoms with Gasteiger partial charge in [-0.05, 0) is 66.9 Å². The first kappa shape index (κ1) is 27.0. The van der Waals surface area contributed by atoms with Crippen LogP contribution in [0, 0.1) is 33.0 Å². The third kappa shape index (κ3) is 4.29. The summed E-state index contributed by atoms with van der Waals surface area (Å²) in [5.74, 6) is 0.587. The SMILES string of the molecule is CCN(C)C(C)(C)C(C)(C)C(C(C)C)(C(C)(C)CC)C(C)(C)CC(C)(C)C. The molecule has 1 nitrogen and oxygen atoms in total. The standard InChI is InChI=1S/C26H55N/c1-17-22(8,9)26(20(3)4,23(10,11)19-21(5,6)7)24(12,13)25(14,15)27(16)18-2/h20H,17-19H2,1-16H3. The van der Waals surface area contributed by atoms with E-state index in [2.05, 4.69) is 116 Å². The molecule has 0 aliphatic heterocycles. The Labute approximate surface area is 174 Å². The van der Waals surface area contributed by atoms with Gasteiger partial charge < -0.3 is 4.90 Å². The van der Waals surface area contributed by atoms with Crippen molar-refractivity contribution in [2.24, 2.45) is 33.0 Å². The molecule has 27 heavy (non-hydrogen) atoms. The van der Waals surface area contributed by atoms with Crippen LogP contribution in [-0.4, -0.2) is 24.0 Å². The summed E-state index contributed by atoms with van der Waals surface area (Å²) in [4.78, 5) is 2.57. The van der Waals surface area contributed by atoms with Crippen LogP contribution in [0.15, 0.2) is 0 Å². The summed E-state index contributed by atoms with van der Waals surface area (Å²) in [7, 11) is 2.31. The summed E-state index contributed by atoms with van der Waals surface area (Å²) in [6.07, 6.45) is 2.44. The maximum Gasteiger partial charge on any atom is 0.0206 e. The monoisotopic (exact) mass is 381 g/mol. The molecular formula is C26H55N. The van der Waals surface area contributed by atoms with Crippen LogP contribution in [0.1, 0.15) is 117 Å². The molecule has 0 rings (SSSR count). The van der Waals surface area contributed by atoms with Gasteiger partial charge in [0, 0.05) is 5.54 Å². The highest BCUT2D eigenvalue weighted by Crippen LogP contribution is 2.71. The first-order chi connectivity index (χ1) is 11.7. The fourth-order valence-corrected chi connectivity index (χ4v) is 7.99. The molecule has 0 amide bonds. The molecule has 0 N–H and O–H groups in total.